The summed E-state index contributed by atoms with van der Waals surface area (Å²) in [6.07, 6.45) is 6.06. The van der Waals surface area contributed by atoms with Gasteiger partial charge >= 0.3 is 6.09 Å². The molecule has 17 heteroatoms. The number of nitrogens with two attached hydrogens (primary N) is 1. The second-order valence-corrected chi connectivity index (χ2v) is 18.4. The number of fused-ring (bicyclic) bond motifs is 1. The van der Waals surface area contributed by atoms with E-state index in [1.54, 1.807) is 54.2 Å². The fraction of sp³-hybridized carbons (Fsp3) is 0.500. The fourth-order valence-corrected chi connectivity index (χ4v) is 9.06. The standard InChI is InChI=1S/C46H60N10O6S/c1-8-55(45(60)62-24-31-11-13-34(14-12-31)50-42(57)30(5)49-43(58)41(47)28(2)3)38-18-33(46(25-61-26-46)20-40-52-48-27-53(40)6)19-39(51-38)56-23-36-35(44(56)59)16-32(17-37(36)63-7)22-54-15-9-10-29(4)21-54/h11-14,16-19,27-30,41H,8-10,15,20-26,47H2,1-7H3,(H,49,58)(H,50,57)/t29-,30-,41-/m0/s1. The Balaban J connectivity index is 1.11. The van der Waals surface area contributed by atoms with Crippen molar-refractivity contribution in [2.24, 2.45) is 24.6 Å². The molecule has 0 aliphatic carbocycles. The van der Waals surface area contributed by atoms with Gasteiger partial charge in [-0.1, -0.05) is 32.9 Å². The Labute approximate surface area is 373 Å². The molecule has 2 aromatic heterocycles. The third kappa shape index (κ3) is 10.2. The molecule has 0 radical (unpaired) electrons. The number of anilines is 3. The molecule has 63 heavy (non-hydrogen) atoms. The summed E-state index contributed by atoms with van der Waals surface area (Å²) >= 11 is 1.65. The lowest BCUT2D eigenvalue weighted by atomic mass is 9.75. The van der Waals surface area contributed by atoms with Gasteiger partial charge in [-0.3, -0.25) is 29.1 Å². The molecule has 7 rings (SSSR count). The summed E-state index contributed by atoms with van der Waals surface area (Å²) in [4.78, 5) is 65.4. The van der Waals surface area contributed by atoms with Crippen molar-refractivity contribution in [2.75, 3.05) is 54.2 Å². The third-order valence-electron chi connectivity index (χ3n) is 12.3. The largest absolute Gasteiger partial charge is 0.444 e. The zero-order valence-electron chi connectivity index (χ0n) is 37.3. The molecule has 3 atom stereocenters. The molecule has 0 spiro atoms. The second-order valence-electron chi connectivity index (χ2n) is 17.6. The quantitative estimate of drug-likeness (QED) is 0.121. The SMILES string of the molecule is CCN(C(=O)OCc1ccc(NC(=O)[C@H](C)NC(=O)[C@@H](N)C(C)C)cc1)c1cc(C2(Cc3nncn3C)COC2)cc(N2Cc3c(SC)cc(CN4CCC[C@H](C)C4)cc3C2=O)n1. The molecule has 3 aliphatic heterocycles. The maximum absolute atomic E-state index is 14.5. The summed E-state index contributed by atoms with van der Waals surface area (Å²) in [6.45, 7) is 13.7. The predicted molar refractivity (Wildman–Crippen MR) is 243 cm³/mol. The van der Waals surface area contributed by atoms with E-state index < -0.39 is 35.4 Å². The number of nitrogens with one attached hydrogen (secondary N) is 2. The minimum atomic E-state index is -0.799. The Bertz CT molecular complexity index is 2310. The van der Waals surface area contributed by atoms with Gasteiger partial charge < -0.3 is 30.4 Å². The number of benzene rings is 2. The first-order valence-corrected chi connectivity index (χ1v) is 23.0. The zero-order valence-corrected chi connectivity index (χ0v) is 38.2. The summed E-state index contributed by atoms with van der Waals surface area (Å²) < 4.78 is 13.6. The molecule has 2 fully saturated rings. The van der Waals surface area contributed by atoms with Crippen LogP contribution in [-0.4, -0.2) is 99.7 Å². The highest BCUT2D eigenvalue weighted by molar-refractivity contribution is 7.98. The Kier molecular flexibility index (Phi) is 14.2. The average molecular weight is 881 g/mol. The number of carbonyl (C=O) groups is 4. The van der Waals surface area contributed by atoms with Gasteiger partial charge in [-0.25, -0.2) is 9.78 Å². The van der Waals surface area contributed by atoms with Crippen molar-refractivity contribution in [3.05, 3.63) is 88.5 Å². The van der Waals surface area contributed by atoms with Crippen LogP contribution in [0.25, 0.3) is 0 Å². The van der Waals surface area contributed by atoms with Crippen molar-refractivity contribution in [3.8, 4) is 0 Å². The smallest absolute Gasteiger partial charge is 0.415 e. The maximum atomic E-state index is 14.5. The van der Waals surface area contributed by atoms with Gasteiger partial charge in [-0.2, -0.15) is 0 Å². The molecule has 0 saturated carbocycles. The van der Waals surface area contributed by atoms with Gasteiger partial charge in [0.25, 0.3) is 5.91 Å². The Morgan fingerprint density at radius 2 is 1.84 bits per heavy atom. The van der Waals surface area contributed by atoms with Crippen molar-refractivity contribution in [1.82, 2.24) is 30.0 Å². The molecule has 0 bridgehead atoms. The van der Waals surface area contributed by atoms with Gasteiger partial charge in [0.15, 0.2) is 0 Å². The molecule has 336 valence electrons. The van der Waals surface area contributed by atoms with Gasteiger partial charge in [0.05, 0.1) is 25.8 Å². The molecule has 2 aromatic carbocycles. The number of nitrogens with zero attached hydrogens (tertiary/aromatic N) is 7. The number of aromatic nitrogens is 4. The number of thioether (sulfide) groups is 1. The number of hydrogen-bond donors (Lipinski definition) is 3. The number of amides is 4. The van der Waals surface area contributed by atoms with Crippen LogP contribution in [0.1, 0.15) is 85.9 Å². The minimum absolute atomic E-state index is 0.0460. The van der Waals surface area contributed by atoms with Crippen LogP contribution in [0.2, 0.25) is 0 Å². The molecule has 4 aromatic rings. The topological polar surface area (TPSA) is 190 Å². The number of rotatable bonds is 16. The van der Waals surface area contributed by atoms with Crippen LogP contribution in [0.3, 0.4) is 0 Å². The zero-order chi connectivity index (χ0) is 45.0. The fourth-order valence-electron chi connectivity index (χ4n) is 8.37. The second kappa shape index (κ2) is 19.6. The Morgan fingerprint density at radius 3 is 2.48 bits per heavy atom. The molecule has 3 aliphatic rings. The van der Waals surface area contributed by atoms with Crippen molar-refractivity contribution in [1.29, 1.82) is 0 Å². The summed E-state index contributed by atoms with van der Waals surface area (Å²) in [7, 11) is 1.90. The van der Waals surface area contributed by atoms with Gasteiger partial charge in [-0.15, -0.1) is 22.0 Å². The van der Waals surface area contributed by atoms with E-state index >= 15 is 0 Å². The van der Waals surface area contributed by atoms with Crippen LogP contribution in [-0.2, 0) is 57.6 Å². The lowest BCUT2D eigenvalue weighted by molar-refractivity contribution is -0.127. The number of piperidine rings is 1. The van der Waals surface area contributed by atoms with Gasteiger partial charge in [0, 0.05) is 54.7 Å². The number of ether oxygens (including phenoxy) is 2. The summed E-state index contributed by atoms with van der Waals surface area (Å²) in [5.74, 6) is 1.23. The van der Waals surface area contributed by atoms with E-state index in [0.29, 0.717) is 60.5 Å². The summed E-state index contributed by atoms with van der Waals surface area (Å²) in [6, 6.07) is 13.5. The summed E-state index contributed by atoms with van der Waals surface area (Å²) in [5, 5.41) is 13.9. The van der Waals surface area contributed by atoms with Crippen molar-refractivity contribution >= 4 is 52.9 Å². The number of likely N-dealkylation sites (tertiary alicyclic amines) is 1. The van der Waals surface area contributed by atoms with Crippen molar-refractivity contribution in [3.63, 3.8) is 0 Å². The van der Waals surface area contributed by atoms with Crippen LogP contribution in [0.4, 0.5) is 22.1 Å². The van der Waals surface area contributed by atoms with Crippen LogP contribution < -0.4 is 26.2 Å². The molecule has 16 nitrogen and oxygen atoms in total. The molecule has 2 saturated heterocycles. The first-order valence-electron chi connectivity index (χ1n) is 21.8. The van der Waals surface area contributed by atoms with Crippen molar-refractivity contribution < 1.29 is 28.7 Å². The number of aryl methyl sites for hydroxylation is 1. The lowest BCUT2D eigenvalue weighted by Gasteiger charge is -2.42. The van der Waals surface area contributed by atoms with Gasteiger partial charge in [-0.05, 0) is 110 Å². The molecule has 5 heterocycles. The molecular weight excluding hydrogens is 821 g/mol. The van der Waals surface area contributed by atoms with E-state index in [0.717, 1.165) is 47.0 Å². The number of pyridine rings is 1. The highest BCUT2D eigenvalue weighted by Crippen LogP contribution is 2.41. The Hall–Kier alpha value is -5.36. The highest BCUT2D eigenvalue weighted by atomic mass is 32.2. The Morgan fingerprint density at radius 1 is 1.08 bits per heavy atom. The molecule has 4 N–H and O–H groups in total. The van der Waals surface area contributed by atoms with Gasteiger partial charge in [0.1, 0.15) is 36.4 Å². The third-order valence-corrected chi connectivity index (χ3v) is 13.1. The number of hydrogen-bond acceptors (Lipinski definition) is 12. The normalized spacial score (nSPS) is 18.1. The van der Waals surface area contributed by atoms with Crippen LogP contribution in [0.5, 0.6) is 0 Å². The van der Waals surface area contributed by atoms with E-state index in [2.05, 4.69) is 44.8 Å². The van der Waals surface area contributed by atoms with E-state index in [4.69, 9.17) is 20.2 Å². The number of carbonyl (C=O) groups excluding carboxylic acids is 4. The minimum Gasteiger partial charge on any atom is -0.444 e. The average Bonchev–Trinajstić information content (AvgIpc) is 3.82. The monoisotopic (exact) mass is 880 g/mol. The van der Waals surface area contributed by atoms with E-state index in [1.165, 1.54) is 17.7 Å². The van der Waals surface area contributed by atoms with Crippen molar-refractivity contribution in [2.45, 2.75) is 96.0 Å². The van der Waals surface area contributed by atoms with Crippen LogP contribution >= 0.6 is 11.8 Å². The van der Waals surface area contributed by atoms with Crippen LogP contribution in [0, 0.1) is 11.8 Å². The first-order chi connectivity index (χ1) is 30.2. The predicted octanol–water partition coefficient (Wildman–Crippen LogP) is 5.42. The maximum Gasteiger partial charge on any atom is 0.415 e. The molecule has 4 amide bonds. The summed E-state index contributed by atoms with van der Waals surface area (Å²) in [5.41, 5.74) is 10.3. The van der Waals surface area contributed by atoms with E-state index in [9.17, 15) is 19.2 Å². The van der Waals surface area contributed by atoms with E-state index in [1.807, 2.05) is 50.8 Å². The lowest BCUT2D eigenvalue weighted by Crippen LogP contribution is -2.50. The van der Waals surface area contributed by atoms with E-state index in [-0.39, 0.29) is 25.0 Å². The molecule has 0 unspecified atom stereocenters. The van der Waals surface area contributed by atoms with Gasteiger partial charge in [0.2, 0.25) is 11.8 Å². The molecular formula is C46H60N10O6S. The first kappa shape index (κ1) is 45.7. The highest BCUT2D eigenvalue weighted by Gasteiger charge is 2.44. The van der Waals surface area contributed by atoms with Crippen LogP contribution in [0.15, 0.2) is 59.8 Å².